The molecule has 4 nitrogen and oxygen atoms in total. The van der Waals surface area contributed by atoms with Gasteiger partial charge in [0.15, 0.2) is 0 Å². The lowest BCUT2D eigenvalue weighted by molar-refractivity contribution is -0.140. The Labute approximate surface area is 103 Å². The molecule has 2 fully saturated rings. The van der Waals surface area contributed by atoms with Crippen molar-refractivity contribution in [1.82, 2.24) is 10.4 Å². The van der Waals surface area contributed by atoms with Crippen molar-refractivity contribution in [3.63, 3.8) is 0 Å². The molecule has 0 aromatic heterocycles. The number of fused-ring (bicyclic) bond motifs is 2. The second-order valence-corrected chi connectivity index (χ2v) is 6.47. The summed E-state index contributed by atoms with van der Waals surface area (Å²) in [4.78, 5) is 24.6. The molecule has 1 amide bonds. The first kappa shape index (κ1) is 12.6. The third-order valence-electron chi connectivity index (χ3n) is 5.47. The summed E-state index contributed by atoms with van der Waals surface area (Å²) in [7, 11) is 3.60. The van der Waals surface area contributed by atoms with E-state index in [9.17, 15) is 9.59 Å². The number of amides is 1. The maximum Gasteiger partial charge on any atom is 0.241 e. The largest absolute Gasteiger partial charge is 0.299 e. The predicted octanol–water partition coefficient (Wildman–Crippen LogP) is 1.36. The molecule has 17 heavy (non-hydrogen) atoms. The normalized spacial score (nSPS) is 38.8. The number of hydrazine groups is 1. The zero-order valence-corrected chi connectivity index (χ0v) is 11.4. The average Bonchev–Trinajstić information content (AvgIpc) is 2.47. The summed E-state index contributed by atoms with van der Waals surface area (Å²) in [6.07, 6.45) is 2.05. The standard InChI is InChI=1S/C13H22N2O2/c1-11(2)12(3)6-7-13(11,8-9(12)16)10(17)14-15(4)5/h6-8H2,1-5H3,(H,14,17)/t12-,13+/m0/s1. The number of hydrogen-bond donors (Lipinski definition) is 1. The SMILES string of the molecule is CN(C)NC(=O)[C@@]12CC[C@@](C)(C(=O)C1)C2(C)C. The van der Waals surface area contributed by atoms with Crippen molar-refractivity contribution in [1.29, 1.82) is 0 Å². The van der Waals surface area contributed by atoms with Gasteiger partial charge in [0.25, 0.3) is 0 Å². The summed E-state index contributed by atoms with van der Waals surface area (Å²) >= 11 is 0. The maximum absolute atomic E-state index is 12.4. The number of Topliss-reactive ketones (excluding diaryl/α,β-unsaturated/α-hetero) is 1. The van der Waals surface area contributed by atoms with Crippen LogP contribution < -0.4 is 5.43 Å². The number of rotatable bonds is 2. The molecule has 1 N–H and O–H groups in total. The topological polar surface area (TPSA) is 49.4 Å². The molecule has 0 aromatic carbocycles. The summed E-state index contributed by atoms with van der Waals surface area (Å²) in [6.45, 7) is 6.16. The van der Waals surface area contributed by atoms with Gasteiger partial charge in [-0.25, -0.2) is 5.01 Å². The van der Waals surface area contributed by atoms with Gasteiger partial charge in [0, 0.05) is 25.9 Å². The van der Waals surface area contributed by atoms with E-state index in [0.717, 1.165) is 12.8 Å². The average molecular weight is 238 g/mol. The Balaban J connectivity index is 2.40. The van der Waals surface area contributed by atoms with Crippen LogP contribution in [0.15, 0.2) is 0 Å². The van der Waals surface area contributed by atoms with Crippen LogP contribution in [0.3, 0.4) is 0 Å². The molecular formula is C13H22N2O2. The fraction of sp³-hybridized carbons (Fsp3) is 0.846. The molecule has 0 unspecified atom stereocenters. The first-order valence-corrected chi connectivity index (χ1v) is 6.19. The van der Waals surface area contributed by atoms with E-state index in [1.54, 1.807) is 19.1 Å². The van der Waals surface area contributed by atoms with Crippen molar-refractivity contribution in [2.45, 2.75) is 40.0 Å². The Bertz CT molecular complexity index is 389. The third-order valence-corrected chi connectivity index (χ3v) is 5.47. The smallest absolute Gasteiger partial charge is 0.241 e. The van der Waals surface area contributed by atoms with Crippen molar-refractivity contribution in [2.24, 2.45) is 16.2 Å². The zero-order chi connectivity index (χ0) is 13.1. The zero-order valence-electron chi connectivity index (χ0n) is 11.4. The van der Waals surface area contributed by atoms with Crippen LogP contribution in [-0.4, -0.2) is 30.8 Å². The fourth-order valence-corrected chi connectivity index (χ4v) is 3.67. The highest BCUT2D eigenvalue weighted by atomic mass is 16.2. The van der Waals surface area contributed by atoms with Gasteiger partial charge >= 0.3 is 0 Å². The molecule has 2 aliphatic rings. The van der Waals surface area contributed by atoms with Crippen molar-refractivity contribution in [3.05, 3.63) is 0 Å². The van der Waals surface area contributed by atoms with E-state index in [1.165, 1.54) is 0 Å². The van der Waals surface area contributed by atoms with Crippen molar-refractivity contribution in [3.8, 4) is 0 Å². The van der Waals surface area contributed by atoms with Crippen LogP contribution in [0.1, 0.15) is 40.0 Å². The van der Waals surface area contributed by atoms with E-state index < -0.39 is 5.41 Å². The summed E-state index contributed by atoms with van der Waals surface area (Å²) in [6, 6.07) is 0. The molecule has 2 rings (SSSR count). The predicted molar refractivity (Wildman–Crippen MR) is 65.0 cm³/mol. The minimum atomic E-state index is -0.511. The Hall–Kier alpha value is -0.900. The second-order valence-electron chi connectivity index (χ2n) is 6.47. The van der Waals surface area contributed by atoms with E-state index >= 15 is 0 Å². The van der Waals surface area contributed by atoms with E-state index in [0.29, 0.717) is 6.42 Å². The van der Waals surface area contributed by atoms with E-state index in [2.05, 4.69) is 19.3 Å². The number of nitrogens with zero attached hydrogens (tertiary/aromatic N) is 1. The summed E-state index contributed by atoms with van der Waals surface area (Å²) in [5.41, 5.74) is 1.75. The summed E-state index contributed by atoms with van der Waals surface area (Å²) in [5.74, 6) is 0.254. The Morgan fingerprint density at radius 1 is 1.24 bits per heavy atom. The van der Waals surface area contributed by atoms with Crippen LogP contribution in [0, 0.1) is 16.2 Å². The van der Waals surface area contributed by atoms with Crippen LogP contribution in [-0.2, 0) is 9.59 Å². The summed E-state index contributed by atoms with van der Waals surface area (Å²) < 4.78 is 0. The molecule has 96 valence electrons. The Kier molecular flexibility index (Phi) is 2.45. The van der Waals surface area contributed by atoms with Crippen LogP contribution in [0.5, 0.6) is 0 Å². The highest BCUT2D eigenvalue weighted by Gasteiger charge is 2.72. The Morgan fingerprint density at radius 3 is 2.18 bits per heavy atom. The van der Waals surface area contributed by atoms with Crippen molar-refractivity contribution in [2.75, 3.05) is 14.1 Å². The summed E-state index contributed by atoms with van der Waals surface area (Å²) in [5, 5.41) is 1.66. The monoisotopic (exact) mass is 238 g/mol. The molecule has 0 aliphatic heterocycles. The van der Waals surface area contributed by atoms with Crippen LogP contribution >= 0.6 is 0 Å². The van der Waals surface area contributed by atoms with Gasteiger partial charge in [-0.3, -0.25) is 15.0 Å². The lowest BCUT2D eigenvalue weighted by atomic mass is 9.64. The van der Waals surface area contributed by atoms with E-state index in [1.807, 2.05) is 6.92 Å². The number of ketones is 1. The molecule has 2 bridgehead atoms. The van der Waals surface area contributed by atoms with Crippen molar-refractivity contribution < 1.29 is 9.59 Å². The van der Waals surface area contributed by atoms with Gasteiger partial charge in [0.05, 0.1) is 5.41 Å². The third kappa shape index (κ3) is 1.27. The maximum atomic E-state index is 12.4. The molecule has 0 spiro atoms. The minimum Gasteiger partial charge on any atom is -0.299 e. The first-order chi connectivity index (χ1) is 7.67. The van der Waals surface area contributed by atoms with Gasteiger partial charge in [-0.2, -0.15) is 0 Å². The number of carbonyl (C=O) groups is 2. The highest BCUT2D eigenvalue weighted by Crippen LogP contribution is 2.70. The van der Waals surface area contributed by atoms with Gasteiger partial charge < -0.3 is 0 Å². The van der Waals surface area contributed by atoms with Crippen molar-refractivity contribution >= 4 is 11.7 Å². The van der Waals surface area contributed by atoms with Crippen LogP contribution in [0.2, 0.25) is 0 Å². The van der Waals surface area contributed by atoms with Gasteiger partial charge in [0.2, 0.25) is 5.91 Å². The fourth-order valence-electron chi connectivity index (χ4n) is 3.67. The molecule has 2 aliphatic carbocycles. The Morgan fingerprint density at radius 2 is 1.82 bits per heavy atom. The minimum absolute atomic E-state index is 0.00192. The highest BCUT2D eigenvalue weighted by molar-refractivity contribution is 5.99. The molecule has 0 heterocycles. The van der Waals surface area contributed by atoms with E-state index in [4.69, 9.17) is 0 Å². The van der Waals surface area contributed by atoms with Crippen LogP contribution in [0.25, 0.3) is 0 Å². The number of nitrogens with one attached hydrogen (secondary N) is 1. The van der Waals surface area contributed by atoms with E-state index in [-0.39, 0.29) is 22.5 Å². The molecule has 2 saturated carbocycles. The van der Waals surface area contributed by atoms with Crippen LogP contribution in [0.4, 0.5) is 0 Å². The second kappa shape index (κ2) is 3.31. The van der Waals surface area contributed by atoms with Gasteiger partial charge in [-0.15, -0.1) is 0 Å². The lowest BCUT2D eigenvalue weighted by Gasteiger charge is -2.39. The number of carbonyl (C=O) groups excluding carboxylic acids is 2. The van der Waals surface area contributed by atoms with Gasteiger partial charge in [-0.05, 0) is 18.3 Å². The first-order valence-electron chi connectivity index (χ1n) is 6.19. The number of hydrogen-bond acceptors (Lipinski definition) is 3. The lowest BCUT2D eigenvalue weighted by Crippen LogP contribution is -2.50. The molecule has 0 aromatic rings. The molecule has 0 radical (unpaired) electrons. The molecule has 2 atom stereocenters. The van der Waals surface area contributed by atoms with Gasteiger partial charge in [-0.1, -0.05) is 20.8 Å². The molecule has 0 saturated heterocycles. The van der Waals surface area contributed by atoms with Gasteiger partial charge in [0.1, 0.15) is 5.78 Å². The quantitative estimate of drug-likeness (QED) is 0.739. The molecular weight excluding hydrogens is 216 g/mol. The molecule has 4 heteroatoms.